The summed E-state index contributed by atoms with van der Waals surface area (Å²) in [7, 11) is -4.25. The summed E-state index contributed by atoms with van der Waals surface area (Å²) < 4.78 is 68.5. The molecule has 1 N–H and O–H groups in total. The predicted octanol–water partition coefficient (Wildman–Crippen LogP) is 5.67. The SMILES string of the molecule is CC(C)n1cc(S(=O)(=O)Nc2cc(C(F)(F)F)ccc2Cl)c(-c2cccs2)n1. The molecule has 0 saturated carbocycles. The van der Waals surface area contributed by atoms with Gasteiger partial charge < -0.3 is 0 Å². The lowest BCUT2D eigenvalue weighted by Crippen LogP contribution is -2.15. The molecule has 0 fully saturated rings. The number of thiophene rings is 1. The minimum absolute atomic E-state index is 0.111. The molecule has 0 aliphatic carbocycles. The highest BCUT2D eigenvalue weighted by Gasteiger charge is 2.32. The molecule has 2 aromatic heterocycles. The van der Waals surface area contributed by atoms with Gasteiger partial charge in [0, 0.05) is 12.2 Å². The highest BCUT2D eigenvalue weighted by atomic mass is 35.5. The molecule has 3 rings (SSSR count). The summed E-state index contributed by atoms with van der Waals surface area (Å²) >= 11 is 7.23. The Balaban J connectivity index is 2.07. The molecule has 0 unspecified atom stereocenters. The number of aromatic nitrogens is 2. The lowest BCUT2D eigenvalue weighted by molar-refractivity contribution is -0.137. The van der Waals surface area contributed by atoms with E-state index in [0.29, 0.717) is 10.9 Å². The van der Waals surface area contributed by atoms with E-state index >= 15 is 0 Å². The van der Waals surface area contributed by atoms with Crippen molar-refractivity contribution in [2.75, 3.05) is 4.72 Å². The Morgan fingerprint density at radius 2 is 1.96 bits per heavy atom. The van der Waals surface area contributed by atoms with E-state index in [9.17, 15) is 21.6 Å². The highest BCUT2D eigenvalue weighted by molar-refractivity contribution is 7.92. The second-order valence-corrected chi connectivity index (χ2v) is 9.20. The third-order valence-corrected chi connectivity index (χ3v) is 6.38. The number of benzene rings is 1. The average molecular weight is 450 g/mol. The summed E-state index contributed by atoms with van der Waals surface area (Å²) in [5, 5.41) is 5.96. The molecule has 0 aliphatic rings. The molecule has 0 amide bonds. The number of hydrogen-bond donors (Lipinski definition) is 1. The number of alkyl halides is 3. The fraction of sp³-hybridized carbons (Fsp3) is 0.235. The molecule has 0 spiro atoms. The lowest BCUT2D eigenvalue weighted by atomic mass is 10.2. The van der Waals surface area contributed by atoms with Crippen LogP contribution in [0, 0.1) is 0 Å². The van der Waals surface area contributed by atoms with E-state index < -0.39 is 21.8 Å². The van der Waals surface area contributed by atoms with Crippen molar-refractivity contribution >= 4 is 38.6 Å². The van der Waals surface area contributed by atoms with Crippen molar-refractivity contribution in [2.45, 2.75) is 31.0 Å². The summed E-state index contributed by atoms with van der Waals surface area (Å²) in [4.78, 5) is 0.479. The standard InChI is InChI=1S/C17H15ClF3N3O2S2/c1-10(2)24-9-15(16(22-24)14-4-3-7-27-14)28(25,26)23-13-8-11(17(19,20)21)5-6-12(13)18/h3-10,23H,1-2H3. The van der Waals surface area contributed by atoms with Crippen LogP contribution in [0.1, 0.15) is 25.5 Å². The predicted molar refractivity (Wildman–Crippen MR) is 103 cm³/mol. The Morgan fingerprint density at radius 1 is 1.25 bits per heavy atom. The summed E-state index contributed by atoms with van der Waals surface area (Å²) in [5.41, 5.74) is -1.14. The Hall–Kier alpha value is -2.04. The number of nitrogens with one attached hydrogen (secondary N) is 1. The van der Waals surface area contributed by atoms with Crippen molar-refractivity contribution in [3.05, 3.63) is 52.5 Å². The van der Waals surface area contributed by atoms with Gasteiger partial charge in [0.1, 0.15) is 10.6 Å². The van der Waals surface area contributed by atoms with Gasteiger partial charge >= 0.3 is 6.18 Å². The largest absolute Gasteiger partial charge is 0.416 e. The van der Waals surface area contributed by atoms with Crippen molar-refractivity contribution in [1.82, 2.24) is 9.78 Å². The smallest absolute Gasteiger partial charge is 0.278 e. The van der Waals surface area contributed by atoms with E-state index in [1.807, 2.05) is 13.8 Å². The zero-order valence-electron chi connectivity index (χ0n) is 14.7. The van der Waals surface area contributed by atoms with Crippen LogP contribution in [0.4, 0.5) is 18.9 Å². The van der Waals surface area contributed by atoms with E-state index in [0.717, 1.165) is 12.1 Å². The van der Waals surface area contributed by atoms with Gasteiger partial charge in [-0.3, -0.25) is 9.40 Å². The molecule has 11 heteroatoms. The van der Waals surface area contributed by atoms with Crippen LogP contribution in [0.15, 0.2) is 46.8 Å². The fourth-order valence-electron chi connectivity index (χ4n) is 2.40. The van der Waals surface area contributed by atoms with Crippen molar-refractivity contribution in [3.8, 4) is 10.6 Å². The first-order valence-electron chi connectivity index (χ1n) is 8.01. The highest BCUT2D eigenvalue weighted by Crippen LogP contribution is 2.36. The second kappa shape index (κ2) is 7.41. The summed E-state index contributed by atoms with van der Waals surface area (Å²) in [6, 6.07) is 5.81. The molecule has 150 valence electrons. The molecule has 0 bridgehead atoms. The Labute approximate surface area is 168 Å². The number of anilines is 1. The van der Waals surface area contributed by atoms with Crippen LogP contribution in [0.5, 0.6) is 0 Å². The Morgan fingerprint density at radius 3 is 2.54 bits per heavy atom. The van der Waals surface area contributed by atoms with Crippen molar-refractivity contribution in [2.24, 2.45) is 0 Å². The first kappa shape index (κ1) is 20.7. The minimum Gasteiger partial charge on any atom is -0.278 e. The fourth-order valence-corrected chi connectivity index (χ4v) is 4.63. The van der Waals surface area contributed by atoms with Crippen LogP contribution < -0.4 is 4.72 Å². The van der Waals surface area contributed by atoms with E-state index in [1.54, 1.807) is 17.5 Å². The lowest BCUT2D eigenvalue weighted by Gasteiger charge is -2.12. The maximum Gasteiger partial charge on any atom is 0.416 e. The molecule has 3 aromatic rings. The van der Waals surface area contributed by atoms with Crippen LogP contribution in [0.3, 0.4) is 0 Å². The van der Waals surface area contributed by atoms with Crippen molar-refractivity contribution in [1.29, 1.82) is 0 Å². The van der Waals surface area contributed by atoms with E-state index in [-0.39, 0.29) is 27.3 Å². The van der Waals surface area contributed by atoms with Gasteiger partial charge in [-0.25, -0.2) is 8.42 Å². The molecule has 5 nitrogen and oxygen atoms in total. The third kappa shape index (κ3) is 4.18. The maximum atomic E-state index is 13.0. The van der Waals surface area contributed by atoms with E-state index in [1.165, 1.54) is 22.2 Å². The molecule has 0 saturated heterocycles. The van der Waals surface area contributed by atoms with Gasteiger partial charge in [0.25, 0.3) is 10.0 Å². The first-order valence-corrected chi connectivity index (χ1v) is 10.8. The molecular formula is C17H15ClF3N3O2S2. The quantitative estimate of drug-likeness (QED) is 0.546. The summed E-state index contributed by atoms with van der Waals surface area (Å²) in [5.74, 6) is 0. The van der Waals surface area contributed by atoms with Gasteiger partial charge in [0.05, 0.1) is 21.2 Å². The topological polar surface area (TPSA) is 64.0 Å². The molecule has 2 heterocycles. The van der Waals surface area contributed by atoms with E-state index in [2.05, 4.69) is 9.82 Å². The van der Waals surface area contributed by atoms with Gasteiger partial charge in [0.2, 0.25) is 0 Å². The normalized spacial score (nSPS) is 12.5. The van der Waals surface area contributed by atoms with Gasteiger partial charge in [-0.2, -0.15) is 18.3 Å². The number of hydrogen-bond acceptors (Lipinski definition) is 4. The summed E-state index contributed by atoms with van der Waals surface area (Å²) in [6.07, 6.45) is -3.28. The van der Waals surface area contributed by atoms with Crippen LogP contribution in [-0.2, 0) is 16.2 Å². The van der Waals surface area contributed by atoms with Crippen LogP contribution in [-0.4, -0.2) is 18.2 Å². The Bertz CT molecular complexity index is 1090. The number of sulfonamides is 1. The van der Waals surface area contributed by atoms with Crippen LogP contribution in [0.25, 0.3) is 10.6 Å². The molecule has 0 aliphatic heterocycles. The molecule has 28 heavy (non-hydrogen) atoms. The van der Waals surface area contributed by atoms with Crippen LogP contribution in [0.2, 0.25) is 5.02 Å². The zero-order valence-corrected chi connectivity index (χ0v) is 17.0. The van der Waals surface area contributed by atoms with Gasteiger partial charge in [-0.15, -0.1) is 11.3 Å². The number of nitrogens with zero attached hydrogens (tertiary/aromatic N) is 2. The maximum absolute atomic E-state index is 13.0. The van der Waals surface area contributed by atoms with Gasteiger partial charge in [-0.1, -0.05) is 17.7 Å². The minimum atomic E-state index is -4.63. The van der Waals surface area contributed by atoms with Gasteiger partial charge in [-0.05, 0) is 43.5 Å². The molecule has 0 atom stereocenters. The van der Waals surface area contributed by atoms with Crippen molar-refractivity contribution < 1.29 is 21.6 Å². The first-order chi connectivity index (χ1) is 13.0. The van der Waals surface area contributed by atoms with Crippen molar-refractivity contribution in [3.63, 3.8) is 0 Å². The Kier molecular flexibility index (Phi) is 5.48. The third-order valence-electron chi connectivity index (χ3n) is 3.81. The molecule has 1 aromatic carbocycles. The number of rotatable bonds is 5. The number of halogens is 4. The molecular weight excluding hydrogens is 435 g/mol. The summed E-state index contributed by atoms with van der Waals surface area (Å²) in [6.45, 7) is 3.66. The molecule has 0 radical (unpaired) electrons. The zero-order chi connectivity index (χ0) is 20.7. The second-order valence-electron chi connectivity index (χ2n) is 6.19. The average Bonchev–Trinajstić information content (AvgIpc) is 3.24. The van der Waals surface area contributed by atoms with Crippen LogP contribution >= 0.6 is 22.9 Å². The monoisotopic (exact) mass is 449 g/mol. The van der Waals surface area contributed by atoms with E-state index in [4.69, 9.17) is 11.6 Å². The van der Waals surface area contributed by atoms with Gasteiger partial charge in [0.15, 0.2) is 0 Å².